The Morgan fingerprint density at radius 2 is 1.21 bits per heavy atom. The summed E-state index contributed by atoms with van der Waals surface area (Å²) in [5.41, 5.74) is 5.76. The molecule has 9 rings (SSSR count). The van der Waals surface area contributed by atoms with E-state index in [4.69, 9.17) is 9.47 Å². The second-order valence-corrected chi connectivity index (χ2v) is 11.2. The molecule has 2 aliphatic heterocycles. The molecule has 0 radical (unpaired) electrons. The van der Waals surface area contributed by atoms with Gasteiger partial charge in [-0.1, -0.05) is 84.9 Å². The molecular formula is C34H19BO2S. The van der Waals surface area contributed by atoms with E-state index in [0.717, 1.165) is 39.6 Å². The normalized spacial score (nSPS) is 13.1. The first kappa shape index (κ1) is 20.5. The van der Waals surface area contributed by atoms with Crippen LogP contribution < -0.4 is 25.9 Å². The molecule has 38 heavy (non-hydrogen) atoms. The second-order valence-electron chi connectivity index (χ2n) is 10.1. The largest absolute Gasteiger partial charge is 0.458 e. The van der Waals surface area contributed by atoms with Crippen LogP contribution in [-0.4, -0.2) is 6.71 Å². The van der Waals surface area contributed by atoms with Gasteiger partial charge in [0, 0.05) is 25.6 Å². The summed E-state index contributed by atoms with van der Waals surface area (Å²) in [4.78, 5) is 0. The molecular weight excluding hydrogens is 483 g/mol. The number of fused-ring (bicyclic) bond motifs is 9. The molecule has 0 aliphatic carbocycles. The summed E-state index contributed by atoms with van der Waals surface area (Å²) < 4.78 is 16.0. The highest BCUT2D eigenvalue weighted by atomic mass is 32.1. The van der Waals surface area contributed by atoms with Gasteiger partial charge in [-0.25, -0.2) is 0 Å². The van der Waals surface area contributed by atoms with E-state index in [9.17, 15) is 0 Å². The molecule has 0 saturated carbocycles. The predicted octanol–water partition coefficient (Wildman–Crippen LogP) is 7.60. The van der Waals surface area contributed by atoms with Crippen molar-refractivity contribution in [3.05, 3.63) is 115 Å². The molecule has 1 aromatic heterocycles. The van der Waals surface area contributed by atoms with E-state index in [-0.39, 0.29) is 6.71 Å². The van der Waals surface area contributed by atoms with Gasteiger partial charge in [-0.2, -0.15) is 0 Å². The molecule has 0 fully saturated rings. The van der Waals surface area contributed by atoms with E-state index < -0.39 is 0 Å². The van der Waals surface area contributed by atoms with Crippen molar-refractivity contribution in [2.75, 3.05) is 0 Å². The summed E-state index contributed by atoms with van der Waals surface area (Å²) in [6.45, 7) is 0.0199. The minimum absolute atomic E-state index is 0.0199. The lowest BCUT2D eigenvalue weighted by molar-refractivity contribution is 0.465. The SMILES string of the molecule is c1ccc(-c2cc3c4c(c2)Oc2ccc5ccccc5c2B4c2cc4c(cc2O3)sc2ccccc24)cc1. The van der Waals surface area contributed by atoms with Crippen molar-refractivity contribution < 1.29 is 9.47 Å². The zero-order valence-corrected chi connectivity index (χ0v) is 21.1. The van der Waals surface area contributed by atoms with Crippen LogP contribution in [0.25, 0.3) is 42.1 Å². The van der Waals surface area contributed by atoms with Crippen LogP contribution in [0, 0.1) is 0 Å². The van der Waals surface area contributed by atoms with Crippen LogP contribution in [0.15, 0.2) is 115 Å². The van der Waals surface area contributed by atoms with Crippen LogP contribution >= 0.6 is 11.3 Å². The van der Waals surface area contributed by atoms with Crippen molar-refractivity contribution in [2.24, 2.45) is 0 Å². The van der Waals surface area contributed by atoms with E-state index >= 15 is 0 Å². The highest BCUT2D eigenvalue weighted by Gasteiger charge is 2.41. The van der Waals surface area contributed by atoms with Gasteiger partial charge in [0.2, 0.25) is 0 Å². The molecule has 0 amide bonds. The van der Waals surface area contributed by atoms with E-state index in [1.54, 1.807) is 0 Å². The van der Waals surface area contributed by atoms with E-state index in [0.29, 0.717) is 0 Å². The number of rotatable bonds is 1. The lowest BCUT2D eigenvalue weighted by atomic mass is 9.34. The molecule has 0 bridgehead atoms. The van der Waals surface area contributed by atoms with Gasteiger partial charge in [-0.15, -0.1) is 11.3 Å². The van der Waals surface area contributed by atoms with Crippen LogP contribution in [0.2, 0.25) is 0 Å². The number of thiophene rings is 1. The Balaban J connectivity index is 1.38. The van der Waals surface area contributed by atoms with Crippen LogP contribution in [0.4, 0.5) is 0 Å². The third kappa shape index (κ3) is 2.78. The average Bonchev–Trinajstić information content (AvgIpc) is 3.33. The molecule has 2 nitrogen and oxygen atoms in total. The molecule has 0 saturated heterocycles. The van der Waals surface area contributed by atoms with Crippen molar-refractivity contribution in [3.63, 3.8) is 0 Å². The van der Waals surface area contributed by atoms with E-state index in [2.05, 4.69) is 109 Å². The molecule has 6 aromatic carbocycles. The van der Waals surface area contributed by atoms with Crippen molar-refractivity contribution in [1.29, 1.82) is 0 Å². The number of hydrogen-bond acceptors (Lipinski definition) is 3. The minimum atomic E-state index is 0.0199. The molecule has 4 heteroatoms. The first-order chi connectivity index (χ1) is 18.8. The summed E-state index contributed by atoms with van der Waals surface area (Å²) in [7, 11) is 0. The predicted molar refractivity (Wildman–Crippen MR) is 160 cm³/mol. The van der Waals surface area contributed by atoms with Crippen molar-refractivity contribution in [3.8, 4) is 34.1 Å². The topological polar surface area (TPSA) is 18.5 Å². The molecule has 3 heterocycles. The van der Waals surface area contributed by atoms with E-state index in [1.807, 2.05) is 17.4 Å². The third-order valence-corrected chi connectivity index (χ3v) is 9.11. The van der Waals surface area contributed by atoms with Crippen LogP contribution in [0.3, 0.4) is 0 Å². The van der Waals surface area contributed by atoms with Crippen LogP contribution in [-0.2, 0) is 0 Å². The van der Waals surface area contributed by atoms with Gasteiger partial charge >= 0.3 is 0 Å². The molecule has 0 spiro atoms. The Bertz CT molecular complexity index is 2090. The smallest absolute Gasteiger partial charge is 0.261 e. The van der Waals surface area contributed by atoms with Gasteiger partial charge in [0.25, 0.3) is 6.71 Å². The molecule has 0 atom stereocenters. The molecule has 0 unspecified atom stereocenters. The molecule has 7 aromatic rings. The minimum Gasteiger partial charge on any atom is -0.458 e. The highest BCUT2D eigenvalue weighted by Crippen LogP contribution is 2.42. The Kier molecular flexibility index (Phi) is 4.05. The first-order valence-corrected chi connectivity index (χ1v) is 13.7. The Morgan fingerprint density at radius 1 is 0.474 bits per heavy atom. The standard InChI is InChI=1S/C34H19BO2S/c1-2-8-20(9-3-1)22-16-29-34-30(17-22)37-28-19-32-25(24-12-6-7-13-31(24)38-32)18-26(28)35(34)33-23-11-5-4-10-21(23)14-15-27(33)36-29/h1-19H. The Morgan fingerprint density at radius 3 is 2.08 bits per heavy atom. The lowest BCUT2D eigenvalue weighted by Gasteiger charge is -2.34. The van der Waals surface area contributed by atoms with Gasteiger partial charge in [0.1, 0.15) is 23.0 Å². The monoisotopic (exact) mass is 502 g/mol. The maximum Gasteiger partial charge on any atom is 0.261 e. The molecule has 0 N–H and O–H groups in total. The summed E-state index contributed by atoms with van der Waals surface area (Å²) in [6, 6.07) is 41.0. The third-order valence-electron chi connectivity index (χ3n) is 7.98. The van der Waals surface area contributed by atoms with Gasteiger partial charge in [-0.05, 0) is 63.2 Å². The van der Waals surface area contributed by atoms with Crippen LogP contribution in [0.5, 0.6) is 23.0 Å². The van der Waals surface area contributed by atoms with Gasteiger partial charge in [0.05, 0.1) is 0 Å². The summed E-state index contributed by atoms with van der Waals surface area (Å²) >= 11 is 1.83. The zero-order valence-electron chi connectivity index (χ0n) is 20.3. The Labute approximate surface area is 223 Å². The quantitative estimate of drug-likeness (QED) is 0.215. The van der Waals surface area contributed by atoms with Crippen molar-refractivity contribution in [1.82, 2.24) is 0 Å². The fraction of sp³-hybridized carbons (Fsp3) is 0. The molecule has 176 valence electrons. The number of ether oxygens (including phenoxy) is 2. The maximum absolute atomic E-state index is 6.74. The second kappa shape index (κ2) is 7.50. The average molecular weight is 502 g/mol. The van der Waals surface area contributed by atoms with Gasteiger partial charge < -0.3 is 9.47 Å². The summed E-state index contributed by atoms with van der Waals surface area (Å²) in [5.74, 6) is 3.59. The zero-order chi connectivity index (χ0) is 24.8. The number of hydrogen-bond donors (Lipinski definition) is 0. The fourth-order valence-electron chi connectivity index (χ4n) is 6.29. The Hall–Kier alpha value is -4.54. The summed E-state index contributed by atoms with van der Waals surface area (Å²) in [6.07, 6.45) is 0. The van der Waals surface area contributed by atoms with Gasteiger partial charge in [0.15, 0.2) is 0 Å². The van der Waals surface area contributed by atoms with Crippen molar-refractivity contribution >= 4 is 65.4 Å². The maximum atomic E-state index is 6.74. The number of benzene rings is 6. The fourth-order valence-corrected chi connectivity index (χ4v) is 7.41. The van der Waals surface area contributed by atoms with E-state index in [1.165, 1.54) is 41.9 Å². The molecule has 2 aliphatic rings. The lowest BCUT2D eigenvalue weighted by Crippen LogP contribution is -2.57. The van der Waals surface area contributed by atoms with Crippen molar-refractivity contribution in [2.45, 2.75) is 0 Å². The first-order valence-electron chi connectivity index (χ1n) is 12.9. The van der Waals surface area contributed by atoms with Crippen LogP contribution in [0.1, 0.15) is 0 Å². The van der Waals surface area contributed by atoms with Gasteiger partial charge in [-0.3, -0.25) is 0 Å². The summed E-state index contributed by atoms with van der Waals surface area (Å²) in [5, 5.41) is 5.02. The highest BCUT2D eigenvalue weighted by molar-refractivity contribution is 7.25.